The molecule has 0 radical (unpaired) electrons. The second kappa shape index (κ2) is 5.50. The Balaban J connectivity index is 2.59. The summed E-state index contributed by atoms with van der Waals surface area (Å²) in [6.45, 7) is 4.52. The highest BCUT2D eigenvalue weighted by atomic mass is 32.1. The van der Waals surface area contributed by atoms with Crippen molar-refractivity contribution in [3.8, 4) is 0 Å². The molecule has 82 valence electrons. The van der Waals surface area contributed by atoms with Gasteiger partial charge in [-0.25, -0.2) is 0 Å². The molecule has 1 rings (SSSR count). The van der Waals surface area contributed by atoms with Crippen molar-refractivity contribution in [1.82, 2.24) is 0 Å². The van der Waals surface area contributed by atoms with Crippen molar-refractivity contribution < 1.29 is 0 Å². The number of hydrogen-bond donors (Lipinski definition) is 1. The molecule has 0 nitrogen and oxygen atoms in total. The van der Waals surface area contributed by atoms with Crippen LogP contribution >= 0.6 is 24.8 Å². The molecule has 0 atom stereocenters. The average molecular weight is 230 g/mol. The Morgan fingerprint density at radius 1 is 1.07 bits per heavy atom. The van der Waals surface area contributed by atoms with E-state index in [0.717, 1.165) is 10.1 Å². The first-order valence-electron chi connectivity index (χ1n) is 5.78. The SMILES string of the molecule is CC(C)(C(=S)S)C1CCCCCCC1. The van der Waals surface area contributed by atoms with Gasteiger partial charge in [-0.15, -0.1) is 12.6 Å². The van der Waals surface area contributed by atoms with Crippen LogP contribution in [0.2, 0.25) is 0 Å². The second-order valence-electron chi connectivity index (χ2n) is 5.07. The molecule has 1 aliphatic rings. The molecule has 0 spiro atoms. The van der Waals surface area contributed by atoms with Gasteiger partial charge < -0.3 is 0 Å². The molecular formula is C12H22S2. The molecule has 1 saturated carbocycles. The summed E-state index contributed by atoms with van der Waals surface area (Å²) in [5.74, 6) is 0.757. The third-order valence-electron chi connectivity index (χ3n) is 3.68. The summed E-state index contributed by atoms with van der Waals surface area (Å²) in [4.78, 5) is 0. The predicted molar refractivity (Wildman–Crippen MR) is 71.2 cm³/mol. The van der Waals surface area contributed by atoms with E-state index < -0.39 is 0 Å². The molecular weight excluding hydrogens is 208 g/mol. The minimum absolute atomic E-state index is 0.149. The number of rotatable bonds is 2. The van der Waals surface area contributed by atoms with E-state index in [4.69, 9.17) is 12.2 Å². The molecule has 0 heterocycles. The summed E-state index contributed by atoms with van der Waals surface area (Å²) in [6, 6.07) is 0. The topological polar surface area (TPSA) is 0 Å². The molecule has 1 fully saturated rings. The molecule has 14 heavy (non-hydrogen) atoms. The van der Waals surface area contributed by atoms with Gasteiger partial charge in [-0.2, -0.15) is 0 Å². The van der Waals surface area contributed by atoms with Crippen LogP contribution in [0.5, 0.6) is 0 Å². The van der Waals surface area contributed by atoms with Crippen molar-refractivity contribution in [1.29, 1.82) is 0 Å². The van der Waals surface area contributed by atoms with Crippen LogP contribution in [0.4, 0.5) is 0 Å². The zero-order valence-corrected chi connectivity index (χ0v) is 11.1. The van der Waals surface area contributed by atoms with Gasteiger partial charge in [0, 0.05) is 5.41 Å². The molecule has 2 heteroatoms. The lowest BCUT2D eigenvalue weighted by Gasteiger charge is -2.34. The van der Waals surface area contributed by atoms with Crippen LogP contribution in [-0.2, 0) is 0 Å². The van der Waals surface area contributed by atoms with Gasteiger partial charge in [0.2, 0.25) is 0 Å². The van der Waals surface area contributed by atoms with Crippen LogP contribution in [0.25, 0.3) is 0 Å². The third-order valence-corrected chi connectivity index (χ3v) is 4.78. The van der Waals surface area contributed by atoms with Gasteiger partial charge in [0.25, 0.3) is 0 Å². The van der Waals surface area contributed by atoms with E-state index in [0.29, 0.717) is 0 Å². The van der Waals surface area contributed by atoms with Crippen molar-refractivity contribution in [2.75, 3.05) is 0 Å². The number of thiocarbonyl (C=S) groups is 1. The maximum atomic E-state index is 5.25. The summed E-state index contributed by atoms with van der Waals surface area (Å²) in [6.07, 6.45) is 9.69. The van der Waals surface area contributed by atoms with Crippen LogP contribution < -0.4 is 0 Å². The van der Waals surface area contributed by atoms with Crippen molar-refractivity contribution in [3.63, 3.8) is 0 Å². The van der Waals surface area contributed by atoms with Crippen LogP contribution in [0.1, 0.15) is 58.8 Å². The quantitative estimate of drug-likeness (QED) is 0.533. The normalized spacial score (nSPS) is 21.4. The van der Waals surface area contributed by atoms with Crippen LogP contribution in [-0.4, -0.2) is 4.20 Å². The Morgan fingerprint density at radius 3 is 1.93 bits per heavy atom. The minimum Gasteiger partial charge on any atom is -0.136 e. The first-order chi connectivity index (χ1) is 6.55. The molecule has 0 aromatic rings. The lowest BCUT2D eigenvalue weighted by molar-refractivity contribution is 0.251. The van der Waals surface area contributed by atoms with Gasteiger partial charge in [0.1, 0.15) is 0 Å². The van der Waals surface area contributed by atoms with Gasteiger partial charge in [0.05, 0.1) is 4.20 Å². The molecule has 0 amide bonds. The van der Waals surface area contributed by atoms with E-state index >= 15 is 0 Å². The van der Waals surface area contributed by atoms with E-state index in [-0.39, 0.29) is 5.41 Å². The van der Waals surface area contributed by atoms with Crippen LogP contribution in [0.15, 0.2) is 0 Å². The maximum absolute atomic E-state index is 5.25. The number of hydrogen-bond acceptors (Lipinski definition) is 1. The fraction of sp³-hybridized carbons (Fsp3) is 0.917. The van der Waals surface area contributed by atoms with Crippen molar-refractivity contribution in [2.45, 2.75) is 58.8 Å². The summed E-state index contributed by atoms with van der Waals surface area (Å²) in [5.41, 5.74) is 0.149. The number of thiol groups is 1. The smallest absolute Gasteiger partial charge is 0.0507 e. The lowest BCUT2D eigenvalue weighted by atomic mass is 9.73. The van der Waals surface area contributed by atoms with E-state index in [1.54, 1.807) is 0 Å². The first-order valence-corrected chi connectivity index (χ1v) is 6.64. The summed E-state index contributed by atoms with van der Waals surface area (Å²) >= 11 is 9.64. The maximum Gasteiger partial charge on any atom is 0.0507 e. The highest BCUT2D eigenvalue weighted by Crippen LogP contribution is 2.38. The fourth-order valence-corrected chi connectivity index (χ4v) is 2.70. The predicted octanol–water partition coefficient (Wildman–Crippen LogP) is 4.63. The van der Waals surface area contributed by atoms with Crippen molar-refractivity contribution >= 4 is 29.0 Å². The van der Waals surface area contributed by atoms with Gasteiger partial charge in [-0.3, -0.25) is 0 Å². The zero-order valence-electron chi connectivity index (χ0n) is 9.38. The molecule has 0 saturated heterocycles. The minimum atomic E-state index is 0.149. The highest BCUT2D eigenvalue weighted by molar-refractivity contribution is 8.11. The zero-order chi connectivity index (χ0) is 10.6. The molecule has 0 aromatic heterocycles. The summed E-state index contributed by atoms with van der Waals surface area (Å²) in [5, 5.41) is 0. The fourth-order valence-electron chi connectivity index (χ4n) is 2.35. The van der Waals surface area contributed by atoms with E-state index in [1.165, 1.54) is 44.9 Å². The molecule has 0 N–H and O–H groups in total. The average Bonchev–Trinajstić information content (AvgIpc) is 2.01. The van der Waals surface area contributed by atoms with Crippen LogP contribution in [0.3, 0.4) is 0 Å². The monoisotopic (exact) mass is 230 g/mol. The standard InChI is InChI=1S/C12H22S2/c1-12(2,11(13)14)10-8-6-4-3-5-7-9-10/h10H,3-9H2,1-2H3,(H,13,14). The Kier molecular flexibility index (Phi) is 4.92. The third kappa shape index (κ3) is 3.23. The van der Waals surface area contributed by atoms with Gasteiger partial charge >= 0.3 is 0 Å². The van der Waals surface area contributed by atoms with E-state index in [1.807, 2.05) is 0 Å². The first kappa shape index (κ1) is 12.5. The Labute approximate surface area is 99.3 Å². The molecule has 0 aromatic carbocycles. The van der Waals surface area contributed by atoms with Crippen molar-refractivity contribution in [3.05, 3.63) is 0 Å². The molecule has 0 unspecified atom stereocenters. The summed E-state index contributed by atoms with van der Waals surface area (Å²) < 4.78 is 0.892. The van der Waals surface area contributed by atoms with E-state index in [9.17, 15) is 0 Å². The summed E-state index contributed by atoms with van der Waals surface area (Å²) in [7, 11) is 0. The highest BCUT2D eigenvalue weighted by Gasteiger charge is 2.31. The second-order valence-corrected chi connectivity index (χ2v) is 6.23. The Bertz CT molecular complexity index is 188. The van der Waals surface area contributed by atoms with Crippen LogP contribution in [0, 0.1) is 11.3 Å². The molecule has 0 aliphatic heterocycles. The van der Waals surface area contributed by atoms with Crippen molar-refractivity contribution in [2.24, 2.45) is 11.3 Å². The molecule has 1 aliphatic carbocycles. The Morgan fingerprint density at radius 2 is 1.50 bits per heavy atom. The largest absolute Gasteiger partial charge is 0.136 e. The van der Waals surface area contributed by atoms with Gasteiger partial charge in [-0.05, 0) is 18.8 Å². The van der Waals surface area contributed by atoms with Gasteiger partial charge in [0.15, 0.2) is 0 Å². The Hall–Kier alpha value is 0.440. The van der Waals surface area contributed by atoms with Gasteiger partial charge in [-0.1, -0.05) is 58.2 Å². The van der Waals surface area contributed by atoms with E-state index in [2.05, 4.69) is 26.5 Å². The molecule has 0 bridgehead atoms. The lowest BCUT2D eigenvalue weighted by Crippen LogP contribution is -2.29.